The van der Waals surface area contributed by atoms with Gasteiger partial charge < -0.3 is 9.15 Å². The van der Waals surface area contributed by atoms with Crippen LogP contribution in [0.25, 0.3) is 11.0 Å². The summed E-state index contributed by atoms with van der Waals surface area (Å²) in [5, 5.41) is 1.14. The van der Waals surface area contributed by atoms with E-state index in [2.05, 4.69) is 13.0 Å². The normalized spacial score (nSPS) is 28.4. The first-order chi connectivity index (χ1) is 12.2. The minimum atomic E-state index is -0.140. The van der Waals surface area contributed by atoms with Gasteiger partial charge in [-0.25, -0.2) is 4.79 Å². The van der Waals surface area contributed by atoms with Crippen molar-refractivity contribution in [3.8, 4) is 5.75 Å². The second-order valence-corrected chi connectivity index (χ2v) is 8.32. The summed E-state index contributed by atoms with van der Waals surface area (Å²) in [6, 6.07) is 4.25. The topological polar surface area (TPSA) is 39.4 Å². The van der Waals surface area contributed by atoms with E-state index in [1.165, 1.54) is 36.8 Å². The summed E-state index contributed by atoms with van der Waals surface area (Å²) in [5.41, 5.74) is 3.99. The van der Waals surface area contributed by atoms with Crippen LogP contribution < -0.4 is 10.4 Å². The summed E-state index contributed by atoms with van der Waals surface area (Å²) in [4.78, 5) is 12.4. The standard InChI is InChI=1S/C22H26O3/c1-14-6-4-5-10-22(14)11-9-15-12-18-16-7-2-3-8-17(16)21(23)24-20(18)13-19(15)25-22/h12-14H,2-11H2,1H3/t14-,22-/m1/s1. The molecule has 2 heterocycles. The second-order valence-electron chi connectivity index (χ2n) is 8.32. The molecule has 0 amide bonds. The van der Waals surface area contributed by atoms with E-state index in [1.807, 2.05) is 6.07 Å². The molecule has 3 aliphatic rings. The van der Waals surface area contributed by atoms with Crippen molar-refractivity contribution in [3.05, 3.63) is 39.2 Å². The molecule has 2 aromatic rings. The lowest BCUT2D eigenvalue weighted by Gasteiger charge is -2.46. The third-order valence-corrected chi connectivity index (χ3v) is 6.92. The summed E-state index contributed by atoms with van der Waals surface area (Å²) < 4.78 is 12.3. The van der Waals surface area contributed by atoms with E-state index < -0.39 is 0 Å². The Morgan fingerprint density at radius 3 is 2.68 bits per heavy atom. The van der Waals surface area contributed by atoms with E-state index >= 15 is 0 Å². The lowest BCUT2D eigenvalue weighted by molar-refractivity contribution is -0.0331. The minimum Gasteiger partial charge on any atom is -0.487 e. The zero-order valence-electron chi connectivity index (χ0n) is 15.0. The molecule has 25 heavy (non-hydrogen) atoms. The number of ether oxygens (including phenoxy) is 1. The van der Waals surface area contributed by atoms with Crippen LogP contribution in [0, 0.1) is 5.92 Å². The van der Waals surface area contributed by atoms with Gasteiger partial charge in [0.05, 0.1) is 0 Å². The van der Waals surface area contributed by atoms with Crippen LogP contribution in [0.15, 0.2) is 21.3 Å². The van der Waals surface area contributed by atoms with E-state index in [-0.39, 0.29) is 11.2 Å². The molecule has 0 unspecified atom stereocenters. The Labute approximate surface area is 148 Å². The highest BCUT2D eigenvalue weighted by Crippen LogP contribution is 2.46. The first kappa shape index (κ1) is 15.5. The zero-order chi connectivity index (χ0) is 17.0. The minimum absolute atomic E-state index is 0.00652. The van der Waals surface area contributed by atoms with Gasteiger partial charge >= 0.3 is 5.63 Å². The summed E-state index contributed by atoms with van der Waals surface area (Å²) >= 11 is 0. The molecule has 5 rings (SSSR count). The predicted molar refractivity (Wildman–Crippen MR) is 98.4 cm³/mol. The van der Waals surface area contributed by atoms with Gasteiger partial charge in [0, 0.05) is 17.0 Å². The number of hydrogen-bond acceptors (Lipinski definition) is 3. The van der Waals surface area contributed by atoms with E-state index in [0.717, 1.165) is 55.2 Å². The maximum Gasteiger partial charge on any atom is 0.339 e. The van der Waals surface area contributed by atoms with Gasteiger partial charge in [-0.2, -0.15) is 0 Å². The highest BCUT2D eigenvalue weighted by molar-refractivity contribution is 5.84. The Kier molecular flexibility index (Phi) is 3.48. The van der Waals surface area contributed by atoms with E-state index in [0.29, 0.717) is 11.5 Å². The first-order valence-electron chi connectivity index (χ1n) is 9.97. The molecule has 1 saturated carbocycles. The summed E-state index contributed by atoms with van der Waals surface area (Å²) in [6.45, 7) is 2.34. The van der Waals surface area contributed by atoms with Crippen LogP contribution >= 0.6 is 0 Å². The van der Waals surface area contributed by atoms with Crippen LogP contribution in [0.5, 0.6) is 5.75 Å². The van der Waals surface area contributed by atoms with Crippen LogP contribution in [0.3, 0.4) is 0 Å². The highest BCUT2D eigenvalue weighted by Gasteiger charge is 2.42. The summed E-state index contributed by atoms with van der Waals surface area (Å²) in [6.07, 6.45) is 11.3. The van der Waals surface area contributed by atoms with Crippen LogP contribution in [-0.2, 0) is 19.3 Å². The third-order valence-electron chi connectivity index (χ3n) is 6.92. The molecule has 1 spiro atoms. The van der Waals surface area contributed by atoms with Crippen molar-refractivity contribution >= 4 is 11.0 Å². The Bertz CT molecular complexity index is 894. The molecule has 3 heteroatoms. The Morgan fingerprint density at radius 1 is 1.00 bits per heavy atom. The first-order valence-corrected chi connectivity index (χ1v) is 9.97. The largest absolute Gasteiger partial charge is 0.487 e. The van der Waals surface area contributed by atoms with Gasteiger partial charge in [-0.3, -0.25) is 0 Å². The van der Waals surface area contributed by atoms with Gasteiger partial charge in [0.25, 0.3) is 0 Å². The molecule has 2 aliphatic carbocycles. The molecule has 132 valence electrons. The van der Waals surface area contributed by atoms with Crippen molar-refractivity contribution in [2.75, 3.05) is 0 Å². The highest BCUT2D eigenvalue weighted by atomic mass is 16.5. The molecule has 2 atom stereocenters. The third kappa shape index (κ3) is 2.35. The van der Waals surface area contributed by atoms with Gasteiger partial charge in [-0.15, -0.1) is 0 Å². The molecular weight excluding hydrogens is 312 g/mol. The van der Waals surface area contributed by atoms with E-state index in [4.69, 9.17) is 9.15 Å². The SMILES string of the molecule is C[C@@H]1CCCC[C@@]12CCc1cc3c4c(c(=O)oc3cc1O2)CCCC4. The van der Waals surface area contributed by atoms with Gasteiger partial charge in [0.1, 0.15) is 16.9 Å². The Balaban J connectivity index is 1.63. The van der Waals surface area contributed by atoms with Crippen molar-refractivity contribution in [2.45, 2.75) is 76.7 Å². The molecule has 0 N–H and O–H groups in total. The number of fused-ring (bicyclic) bond motifs is 4. The molecule has 0 saturated heterocycles. The lowest BCUT2D eigenvalue weighted by atomic mass is 9.72. The average Bonchev–Trinajstić information content (AvgIpc) is 2.63. The number of hydrogen-bond donors (Lipinski definition) is 0. The maximum absolute atomic E-state index is 12.4. The maximum atomic E-state index is 12.4. The fourth-order valence-electron chi connectivity index (χ4n) is 5.33. The van der Waals surface area contributed by atoms with Crippen molar-refractivity contribution < 1.29 is 9.15 Å². The van der Waals surface area contributed by atoms with Crippen molar-refractivity contribution in [1.82, 2.24) is 0 Å². The Hall–Kier alpha value is -1.77. The molecule has 1 aliphatic heterocycles. The molecule has 1 fully saturated rings. The number of aryl methyl sites for hydroxylation is 2. The monoisotopic (exact) mass is 338 g/mol. The van der Waals surface area contributed by atoms with Crippen LogP contribution in [0.1, 0.15) is 68.6 Å². The van der Waals surface area contributed by atoms with Gasteiger partial charge in [0.15, 0.2) is 0 Å². The van der Waals surface area contributed by atoms with Crippen molar-refractivity contribution in [2.24, 2.45) is 5.92 Å². The fourth-order valence-corrected chi connectivity index (χ4v) is 5.33. The van der Waals surface area contributed by atoms with Crippen molar-refractivity contribution in [3.63, 3.8) is 0 Å². The van der Waals surface area contributed by atoms with Crippen LogP contribution in [0.4, 0.5) is 0 Å². The molecule has 1 aromatic carbocycles. The lowest BCUT2D eigenvalue weighted by Crippen LogP contribution is -2.47. The van der Waals surface area contributed by atoms with E-state index in [9.17, 15) is 4.79 Å². The zero-order valence-corrected chi connectivity index (χ0v) is 15.0. The molecule has 1 aromatic heterocycles. The smallest absolute Gasteiger partial charge is 0.339 e. The number of benzene rings is 1. The predicted octanol–water partition coefficient (Wildman–Crippen LogP) is 4.95. The summed E-state index contributed by atoms with van der Waals surface area (Å²) in [5.74, 6) is 1.55. The Morgan fingerprint density at radius 2 is 1.84 bits per heavy atom. The van der Waals surface area contributed by atoms with Gasteiger partial charge in [-0.1, -0.05) is 13.3 Å². The molecular formula is C22H26O3. The van der Waals surface area contributed by atoms with Crippen molar-refractivity contribution in [1.29, 1.82) is 0 Å². The van der Waals surface area contributed by atoms with E-state index in [1.54, 1.807) is 0 Å². The fraction of sp³-hybridized carbons (Fsp3) is 0.591. The molecule has 3 nitrogen and oxygen atoms in total. The van der Waals surface area contributed by atoms with Gasteiger partial charge in [0.2, 0.25) is 0 Å². The number of rotatable bonds is 0. The average molecular weight is 338 g/mol. The molecule has 0 bridgehead atoms. The molecule has 0 radical (unpaired) electrons. The quantitative estimate of drug-likeness (QED) is 0.638. The van der Waals surface area contributed by atoms with Crippen LogP contribution in [-0.4, -0.2) is 5.60 Å². The second kappa shape index (κ2) is 5.62. The van der Waals surface area contributed by atoms with Gasteiger partial charge in [-0.05, 0) is 80.9 Å². The van der Waals surface area contributed by atoms with Crippen LogP contribution in [0.2, 0.25) is 0 Å². The summed E-state index contributed by atoms with van der Waals surface area (Å²) in [7, 11) is 0.